The summed E-state index contributed by atoms with van der Waals surface area (Å²) in [4.78, 5) is 23.3. The largest absolute Gasteiger partial charge is 0.490 e. The average molecular weight is 364 g/mol. The molecule has 0 aliphatic rings. The molecule has 1 aromatic heterocycles. The normalized spacial score (nSPS) is 11.8. The molecule has 1 heterocycles. The number of ether oxygens (including phenoxy) is 1. The second-order valence-corrected chi connectivity index (χ2v) is 6.57. The van der Waals surface area contributed by atoms with E-state index in [4.69, 9.17) is 14.3 Å². The molecule has 0 amide bonds. The van der Waals surface area contributed by atoms with E-state index in [-0.39, 0.29) is 39.9 Å². The smallest absolute Gasteiger partial charge is 0.335 e. The van der Waals surface area contributed by atoms with Crippen LogP contribution in [0, 0.1) is 0 Å². The Morgan fingerprint density at radius 2 is 1.92 bits per heavy atom. The molecular weight excluding hydrogens is 352 g/mol. The zero-order valence-electron chi connectivity index (χ0n) is 12.8. The zero-order valence-corrected chi connectivity index (χ0v) is 13.7. The molecule has 0 fully saturated rings. The Balaban J connectivity index is 2.48. The number of rotatable bonds is 4. The van der Waals surface area contributed by atoms with Crippen LogP contribution in [0.3, 0.4) is 0 Å². The summed E-state index contributed by atoms with van der Waals surface area (Å²) in [7, 11) is -4.58. The highest BCUT2D eigenvalue weighted by Crippen LogP contribution is 2.31. The summed E-state index contributed by atoms with van der Waals surface area (Å²) in [6.45, 7) is 1.83. The first kappa shape index (κ1) is 16.9. The molecule has 0 radical (unpaired) electrons. The van der Waals surface area contributed by atoms with Gasteiger partial charge >= 0.3 is 5.97 Å². The lowest BCUT2D eigenvalue weighted by atomic mass is 10.1. The fourth-order valence-corrected chi connectivity index (χ4v) is 2.97. The zero-order chi connectivity index (χ0) is 18.4. The van der Waals surface area contributed by atoms with E-state index in [0.717, 1.165) is 18.2 Å². The second kappa shape index (κ2) is 5.87. The molecule has 2 aromatic carbocycles. The Morgan fingerprint density at radius 1 is 1.20 bits per heavy atom. The van der Waals surface area contributed by atoms with Crippen LogP contribution in [0.2, 0.25) is 0 Å². The van der Waals surface area contributed by atoms with Crippen LogP contribution in [0.15, 0.2) is 44.4 Å². The fourth-order valence-electron chi connectivity index (χ4n) is 2.45. The number of carbonyl (C=O) groups is 1. The predicted molar refractivity (Wildman–Crippen MR) is 87.9 cm³/mol. The van der Waals surface area contributed by atoms with Gasteiger partial charge in [0, 0.05) is 6.07 Å². The van der Waals surface area contributed by atoms with Gasteiger partial charge < -0.3 is 14.3 Å². The molecule has 0 unspecified atom stereocenters. The number of hydrogen-bond acceptors (Lipinski definition) is 6. The maximum atomic E-state index is 12.7. The number of carboxylic acids is 1. The lowest BCUT2D eigenvalue weighted by Gasteiger charge is -2.09. The Morgan fingerprint density at radius 3 is 2.52 bits per heavy atom. The Bertz CT molecular complexity index is 1170. The van der Waals surface area contributed by atoms with Crippen molar-refractivity contribution in [2.24, 2.45) is 0 Å². The van der Waals surface area contributed by atoms with Gasteiger partial charge in [0.05, 0.1) is 27.8 Å². The van der Waals surface area contributed by atoms with Gasteiger partial charge in [0.2, 0.25) is 5.43 Å². The molecule has 9 heteroatoms. The molecule has 3 aromatic rings. The number of carboxylic acid groups (broad SMARTS) is 1. The molecular formula is C16H12O8S. The summed E-state index contributed by atoms with van der Waals surface area (Å²) in [5.41, 5.74) is -0.612. The maximum absolute atomic E-state index is 12.7. The van der Waals surface area contributed by atoms with Crippen molar-refractivity contribution in [3.05, 3.63) is 46.1 Å². The van der Waals surface area contributed by atoms with Crippen molar-refractivity contribution in [3.63, 3.8) is 0 Å². The van der Waals surface area contributed by atoms with Crippen molar-refractivity contribution >= 4 is 38.0 Å². The minimum absolute atomic E-state index is 0.00910. The van der Waals surface area contributed by atoms with Crippen LogP contribution in [0.1, 0.15) is 17.3 Å². The third-order valence-corrected chi connectivity index (χ3v) is 4.39. The van der Waals surface area contributed by atoms with E-state index in [1.807, 2.05) is 0 Å². The number of benzene rings is 2. The van der Waals surface area contributed by atoms with Gasteiger partial charge in [0.15, 0.2) is 11.3 Å². The van der Waals surface area contributed by atoms with E-state index in [2.05, 4.69) is 0 Å². The van der Waals surface area contributed by atoms with Crippen LogP contribution < -0.4 is 10.2 Å². The number of hydrogen-bond donors (Lipinski definition) is 2. The van der Waals surface area contributed by atoms with Gasteiger partial charge in [-0.25, -0.2) is 4.79 Å². The molecule has 0 bridgehead atoms. The summed E-state index contributed by atoms with van der Waals surface area (Å²) in [5, 5.41) is 8.88. The van der Waals surface area contributed by atoms with Crippen molar-refractivity contribution in [3.8, 4) is 5.75 Å². The molecule has 0 saturated carbocycles. The average Bonchev–Trinajstić information content (AvgIpc) is 2.54. The maximum Gasteiger partial charge on any atom is 0.335 e. The lowest BCUT2D eigenvalue weighted by molar-refractivity contribution is 0.0697. The Labute approximate surface area is 141 Å². The van der Waals surface area contributed by atoms with E-state index < -0.39 is 26.4 Å². The molecule has 0 atom stereocenters. The van der Waals surface area contributed by atoms with Crippen molar-refractivity contribution in [2.75, 3.05) is 6.61 Å². The van der Waals surface area contributed by atoms with Crippen LogP contribution in [0.5, 0.6) is 5.75 Å². The molecule has 0 saturated heterocycles. The second-order valence-electron chi connectivity index (χ2n) is 5.15. The third-order valence-electron chi connectivity index (χ3n) is 3.55. The first-order valence-corrected chi connectivity index (χ1v) is 8.54. The van der Waals surface area contributed by atoms with Crippen LogP contribution >= 0.6 is 0 Å². The SMILES string of the molecule is CCOc1cc(S(=O)(=O)O)cc2c(=O)c3cc(C(=O)O)ccc3oc12. The topological polar surface area (TPSA) is 131 Å². The minimum Gasteiger partial charge on any atom is -0.490 e. The van der Waals surface area contributed by atoms with Gasteiger partial charge in [0.25, 0.3) is 10.1 Å². The monoisotopic (exact) mass is 364 g/mol. The minimum atomic E-state index is -4.58. The predicted octanol–water partition coefficient (Wildman–Crippen LogP) is 2.29. The molecule has 2 N–H and O–H groups in total. The lowest BCUT2D eigenvalue weighted by Crippen LogP contribution is -2.08. The third kappa shape index (κ3) is 2.94. The van der Waals surface area contributed by atoms with E-state index in [1.165, 1.54) is 12.1 Å². The van der Waals surface area contributed by atoms with Crippen LogP contribution in [0.4, 0.5) is 0 Å². The Kier molecular flexibility index (Phi) is 3.97. The molecule has 25 heavy (non-hydrogen) atoms. The summed E-state index contributed by atoms with van der Waals surface area (Å²) in [5.74, 6) is -1.24. The highest BCUT2D eigenvalue weighted by molar-refractivity contribution is 7.85. The van der Waals surface area contributed by atoms with E-state index in [1.54, 1.807) is 6.92 Å². The first-order chi connectivity index (χ1) is 11.7. The molecule has 0 aliphatic carbocycles. The van der Waals surface area contributed by atoms with Crippen molar-refractivity contribution in [1.29, 1.82) is 0 Å². The molecule has 3 rings (SSSR count). The quantitative estimate of drug-likeness (QED) is 0.532. The van der Waals surface area contributed by atoms with Crippen molar-refractivity contribution in [1.82, 2.24) is 0 Å². The molecule has 8 nitrogen and oxygen atoms in total. The molecule has 0 aliphatic heterocycles. The van der Waals surface area contributed by atoms with Crippen LogP contribution in [-0.4, -0.2) is 30.7 Å². The van der Waals surface area contributed by atoms with Gasteiger partial charge in [-0.1, -0.05) is 0 Å². The van der Waals surface area contributed by atoms with Crippen molar-refractivity contribution < 1.29 is 32.0 Å². The molecule has 130 valence electrons. The molecule has 0 spiro atoms. The van der Waals surface area contributed by atoms with Crippen LogP contribution in [0.25, 0.3) is 21.9 Å². The summed E-state index contributed by atoms with van der Waals surface area (Å²) in [6, 6.07) is 5.79. The summed E-state index contributed by atoms with van der Waals surface area (Å²) in [6.07, 6.45) is 0. The Hall–Kier alpha value is -2.91. The highest BCUT2D eigenvalue weighted by Gasteiger charge is 2.19. The van der Waals surface area contributed by atoms with E-state index in [0.29, 0.717) is 0 Å². The van der Waals surface area contributed by atoms with Crippen molar-refractivity contribution in [2.45, 2.75) is 11.8 Å². The first-order valence-electron chi connectivity index (χ1n) is 7.10. The van der Waals surface area contributed by atoms with E-state index in [9.17, 15) is 22.6 Å². The highest BCUT2D eigenvalue weighted by atomic mass is 32.2. The van der Waals surface area contributed by atoms with Gasteiger partial charge in [0.1, 0.15) is 5.58 Å². The summed E-state index contributed by atoms with van der Waals surface area (Å²) >= 11 is 0. The number of aromatic carboxylic acids is 1. The van der Waals surface area contributed by atoms with Gasteiger partial charge in [-0.15, -0.1) is 0 Å². The summed E-state index contributed by atoms with van der Waals surface area (Å²) < 4.78 is 43.1. The van der Waals surface area contributed by atoms with E-state index >= 15 is 0 Å². The number of fused-ring (bicyclic) bond motifs is 2. The fraction of sp³-hybridized carbons (Fsp3) is 0.125. The van der Waals surface area contributed by atoms with Gasteiger partial charge in [-0.2, -0.15) is 8.42 Å². The van der Waals surface area contributed by atoms with Crippen LogP contribution in [-0.2, 0) is 10.1 Å². The van der Waals surface area contributed by atoms with Gasteiger partial charge in [-0.3, -0.25) is 9.35 Å². The van der Waals surface area contributed by atoms with Gasteiger partial charge in [-0.05, 0) is 31.2 Å². The standard InChI is InChI=1S/C16H12O8S/c1-2-23-13-7-9(25(20,21)22)6-11-14(17)10-5-8(16(18)19)3-4-12(10)24-15(11)13/h3-7H,2H2,1H3,(H,18,19)(H,20,21,22).